The lowest BCUT2D eigenvalue weighted by Gasteiger charge is -2.02. The van der Waals surface area contributed by atoms with Crippen molar-refractivity contribution in [3.63, 3.8) is 0 Å². The van der Waals surface area contributed by atoms with Gasteiger partial charge in [0.05, 0.1) is 0 Å². The van der Waals surface area contributed by atoms with E-state index < -0.39 is 5.97 Å². The number of unbranched alkanes of at least 4 members (excludes halogenated alkanes) is 3. The molecule has 106 valence electrons. The van der Waals surface area contributed by atoms with Crippen molar-refractivity contribution in [2.75, 3.05) is 6.54 Å². The zero-order valence-corrected chi connectivity index (χ0v) is 11.5. The lowest BCUT2D eigenvalue weighted by molar-refractivity contribution is -0.137. The Morgan fingerprint density at radius 3 is 2.68 bits per heavy atom. The number of carbonyl (C=O) groups excluding carboxylic acids is 1. The number of thiazole rings is 1. The number of hydrogen-bond acceptors (Lipinski definition) is 5. The lowest BCUT2D eigenvalue weighted by Crippen LogP contribution is -2.24. The molecule has 0 radical (unpaired) electrons. The average molecular weight is 285 g/mol. The predicted octanol–water partition coefficient (Wildman–Crippen LogP) is 1.37. The predicted molar refractivity (Wildman–Crippen MR) is 73.1 cm³/mol. The highest BCUT2D eigenvalue weighted by Crippen LogP contribution is 2.08. The monoisotopic (exact) mass is 285 g/mol. The van der Waals surface area contributed by atoms with Crippen LogP contribution in [0.1, 0.15) is 47.6 Å². The summed E-state index contributed by atoms with van der Waals surface area (Å²) in [4.78, 5) is 26.0. The van der Waals surface area contributed by atoms with Crippen molar-refractivity contribution in [2.45, 2.75) is 38.6 Å². The van der Waals surface area contributed by atoms with Crippen molar-refractivity contribution in [1.29, 1.82) is 0 Å². The van der Waals surface area contributed by atoms with Crippen molar-refractivity contribution in [3.8, 4) is 0 Å². The number of nitrogens with two attached hydrogens (primary N) is 1. The quantitative estimate of drug-likeness (QED) is 0.594. The highest BCUT2D eigenvalue weighted by atomic mass is 32.1. The third-order valence-electron chi connectivity index (χ3n) is 2.56. The first-order valence-corrected chi connectivity index (χ1v) is 7.16. The Labute approximate surface area is 116 Å². The van der Waals surface area contributed by atoms with E-state index in [2.05, 4.69) is 10.3 Å². The topological polar surface area (TPSA) is 105 Å². The molecule has 1 aromatic rings. The van der Waals surface area contributed by atoms with Gasteiger partial charge in [0.1, 0.15) is 10.7 Å². The van der Waals surface area contributed by atoms with Gasteiger partial charge in [-0.05, 0) is 12.8 Å². The number of amides is 1. The zero-order valence-electron chi connectivity index (χ0n) is 10.7. The number of carbonyl (C=O) groups is 2. The molecule has 1 amide bonds. The Morgan fingerprint density at radius 2 is 2.05 bits per heavy atom. The maximum absolute atomic E-state index is 11.7. The van der Waals surface area contributed by atoms with Gasteiger partial charge >= 0.3 is 5.97 Å². The van der Waals surface area contributed by atoms with Crippen molar-refractivity contribution >= 4 is 23.2 Å². The molecule has 1 heterocycles. The Balaban J connectivity index is 2.09. The Bertz CT molecular complexity index is 420. The summed E-state index contributed by atoms with van der Waals surface area (Å²) in [6.45, 7) is 0.933. The van der Waals surface area contributed by atoms with E-state index in [-0.39, 0.29) is 12.3 Å². The van der Waals surface area contributed by atoms with Crippen LogP contribution in [0.3, 0.4) is 0 Å². The molecular formula is C12H19N3O3S. The van der Waals surface area contributed by atoms with Gasteiger partial charge in [0.15, 0.2) is 0 Å². The largest absolute Gasteiger partial charge is 0.481 e. The molecule has 0 aromatic carbocycles. The molecule has 19 heavy (non-hydrogen) atoms. The van der Waals surface area contributed by atoms with Crippen molar-refractivity contribution < 1.29 is 14.7 Å². The molecular weight excluding hydrogens is 266 g/mol. The highest BCUT2D eigenvalue weighted by Gasteiger charge is 2.08. The fraction of sp³-hybridized carbons (Fsp3) is 0.583. The van der Waals surface area contributed by atoms with E-state index in [0.717, 1.165) is 24.3 Å². The first kappa shape index (κ1) is 15.6. The average Bonchev–Trinajstić information content (AvgIpc) is 2.85. The molecule has 0 aliphatic carbocycles. The van der Waals surface area contributed by atoms with Crippen molar-refractivity contribution in [2.24, 2.45) is 5.73 Å². The molecule has 0 aliphatic rings. The van der Waals surface area contributed by atoms with Gasteiger partial charge in [-0.25, -0.2) is 4.98 Å². The number of aromatic nitrogens is 1. The maximum atomic E-state index is 11.7. The molecule has 0 fully saturated rings. The van der Waals surface area contributed by atoms with E-state index in [9.17, 15) is 9.59 Å². The first-order chi connectivity index (χ1) is 9.13. The summed E-state index contributed by atoms with van der Waals surface area (Å²) < 4.78 is 0. The number of hydrogen-bond donors (Lipinski definition) is 3. The molecule has 0 spiro atoms. The molecule has 4 N–H and O–H groups in total. The van der Waals surface area contributed by atoms with Crippen LogP contribution < -0.4 is 11.1 Å². The summed E-state index contributed by atoms with van der Waals surface area (Å²) >= 11 is 1.38. The van der Waals surface area contributed by atoms with Gasteiger partial charge in [0.25, 0.3) is 5.91 Å². The second-order valence-electron chi connectivity index (χ2n) is 4.14. The number of carboxylic acids is 1. The Morgan fingerprint density at radius 1 is 1.32 bits per heavy atom. The molecule has 7 heteroatoms. The van der Waals surface area contributed by atoms with Crippen LogP contribution in [-0.2, 0) is 11.3 Å². The SMILES string of the molecule is NCc1nc(C(=O)NCCCCCCC(=O)O)cs1. The van der Waals surface area contributed by atoms with Gasteiger partial charge in [-0.15, -0.1) is 11.3 Å². The van der Waals surface area contributed by atoms with Crippen molar-refractivity contribution in [1.82, 2.24) is 10.3 Å². The normalized spacial score (nSPS) is 10.4. The van der Waals surface area contributed by atoms with Gasteiger partial charge < -0.3 is 16.2 Å². The van der Waals surface area contributed by atoms with E-state index in [0.29, 0.717) is 25.2 Å². The summed E-state index contributed by atoms with van der Waals surface area (Å²) in [6.07, 6.45) is 3.54. The van der Waals surface area contributed by atoms with Gasteiger partial charge in [0, 0.05) is 24.9 Å². The fourth-order valence-corrected chi connectivity index (χ4v) is 2.21. The van der Waals surface area contributed by atoms with Gasteiger partial charge in [-0.3, -0.25) is 9.59 Å². The Hall–Kier alpha value is -1.47. The van der Waals surface area contributed by atoms with Crippen LogP contribution in [0.25, 0.3) is 0 Å². The summed E-state index contributed by atoms with van der Waals surface area (Å²) in [6, 6.07) is 0. The number of aliphatic carboxylic acids is 1. The summed E-state index contributed by atoms with van der Waals surface area (Å²) in [5.41, 5.74) is 5.84. The zero-order chi connectivity index (χ0) is 14.1. The summed E-state index contributed by atoms with van der Waals surface area (Å²) in [5.74, 6) is -0.936. The van der Waals surface area contributed by atoms with E-state index in [1.165, 1.54) is 11.3 Å². The number of carboxylic acid groups (broad SMARTS) is 1. The minimum absolute atomic E-state index is 0.179. The Kier molecular flexibility index (Phi) is 7.06. The van der Waals surface area contributed by atoms with Crippen LogP contribution in [0.15, 0.2) is 5.38 Å². The summed E-state index contributed by atoms with van der Waals surface area (Å²) in [5, 5.41) is 13.7. The maximum Gasteiger partial charge on any atom is 0.303 e. The number of nitrogens with zero attached hydrogens (tertiary/aromatic N) is 1. The van der Waals surface area contributed by atoms with E-state index in [1.807, 2.05) is 0 Å². The first-order valence-electron chi connectivity index (χ1n) is 6.28. The van der Waals surface area contributed by atoms with Gasteiger partial charge in [-0.2, -0.15) is 0 Å². The molecule has 0 bridgehead atoms. The number of nitrogens with one attached hydrogen (secondary N) is 1. The molecule has 0 saturated heterocycles. The minimum Gasteiger partial charge on any atom is -0.481 e. The smallest absolute Gasteiger partial charge is 0.303 e. The van der Waals surface area contributed by atoms with E-state index in [1.54, 1.807) is 5.38 Å². The second kappa shape index (κ2) is 8.60. The standard InChI is InChI=1S/C12H19N3O3S/c13-7-10-15-9(8-19-10)12(18)14-6-4-2-1-3-5-11(16)17/h8H,1-7,13H2,(H,14,18)(H,16,17). The van der Waals surface area contributed by atoms with Crippen LogP contribution in [0, 0.1) is 0 Å². The molecule has 6 nitrogen and oxygen atoms in total. The van der Waals surface area contributed by atoms with Crippen LogP contribution in [-0.4, -0.2) is 28.5 Å². The second-order valence-corrected chi connectivity index (χ2v) is 5.09. The van der Waals surface area contributed by atoms with Crippen LogP contribution in [0.4, 0.5) is 0 Å². The third kappa shape index (κ3) is 6.30. The van der Waals surface area contributed by atoms with Gasteiger partial charge in [0.2, 0.25) is 0 Å². The molecule has 0 aliphatic heterocycles. The van der Waals surface area contributed by atoms with Crippen LogP contribution >= 0.6 is 11.3 Å². The van der Waals surface area contributed by atoms with Gasteiger partial charge in [-0.1, -0.05) is 12.8 Å². The molecule has 0 unspecified atom stereocenters. The lowest BCUT2D eigenvalue weighted by atomic mass is 10.1. The van der Waals surface area contributed by atoms with Crippen LogP contribution in [0.2, 0.25) is 0 Å². The van der Waals surface area contributed by atoms with Crippen LogP contribution in [0.5, 0.6) is 0 Å². The highest BCUT2D eigenvalue weighted by molar-refractivity contribution is 7.09. The third-order valence-corrected chi connectivity index (χ3v) is 3.43. The number of rotatable bonds is 9. The molecule has 1 rings (SSSR count). The molecule has 1 aromatic heterocycles. The molecule has 0 saturated carbocycles. The van der Waals surface area contributed by atoms with E-state index >= 15 is 0 Å². The van der Waals surface area contributed by atoms with E-state index in [4.69, 9.17) is 10.8 Å². The molecule has 0 atom stereocenters. The minimum atomic E-state index is -0.757. The summed E-state index contributed by atoms with van der Waals surface area (Å²) in [7, 11) is 0. The van der Waals surface area contributed by atoms with Crippen molar-refractivity contribution in [3.05, 3.63) is 16.1 Å². The fourth-order valence-electron chi connectivity index (χ4n) is 1.56.